The number of nitrogens with zero attached hydrogens (tertiary/aromatic N) is 1. The Bertz CT molecular complexity index is 292. The van der Waals surface area contributed by atoms with Gasteiger partial charge in [-0.1, -0.05) is 6.07 Å². The molecule has 0 radical (unpaired) electrons. The summed E-state index contributed by atoms with van der Waals surface area (Å²) in [4.78, 5) is 4.08. The highest BCUT2D eigenvalue weighted by Crippen LogP contribution is 2.07. The lowest BCUT2D eigenvalue weighted by Crippen LogP contribution is -2.45. The molecule has 0 aliphatic carbocycles. The second kappa shape index (κ2) is 5.09. The van der Waals surface area contributed by atoms with Gasteiger partial charge < -0.3 is 14.8 Å². The molecule has 0 aromatic carbocycles. The van der Waals surface area contributed by atoms with Crippen LogP contribution in [-0.2, 0) is 4.74 Å². The maximum absolute atomic E-state index is 5.69. The SMILES string of the molecule is C[C@@H]1CNC[C@H](COc2ccccn2)O1. The Kier molecular flexibility index (Phi) is 3.53. The Hall–Kier alpha value is -1.13. The molecule has 0 bridgehead atoms. The molecule has 1 saturated heterocycles. The van der Waals surface area contributed by atoms with Gasteiger partial charge in [0.15, 0.2) is 0 Å². The van der Waals surface area contributed by atoms with Gasteiger partial charge in [0.05, 0.1) is 6.10 Å². The van der Waals surface area contributed by atoms with Crippen LogP contribution in [-0.4, -0.2) is 36.9 Å². The molecule has 15 heavy (non-hydrogen) atoms. The van der Waals surface area contributed by atoms with Crippen molar-refractivity contribution in [3.8, 4) is 5.88 Å². The van der Waals surface area contributed by atoms with E-state index < -0.39 is 0 Å². The van der Waals surface area contributed by atoms with Crippen molar-refractivity contribution >= 4 is 0 Å². The molecule has 0 spiro atoms. The highest BCUT2D eigenvalue weighted by molar-refractivity contribution is 5.09. The van der Waals surface area contributed by atoms with Gasteiger partial charge in [-0.2, -0.15) is 0 Å². The number of rotatable bonds is 3. The minimum absolute atomic E-state index is 0.121. The molecule has 1 fully saturated rings. The van der Waals surface area contributed by atoms with Crippen molar-refractivity contribution in [1.82, 2.24) is 10.3 Å². The maximum Gasteiger partial charge on any atom is 0.213 e. The highest BCUT2D eigenvalue weighted by atomic mass is 16.5. The molecule has 0 unspecified atom stereocenters. The summed E-state index contributed by atoms with van der Waals surface area (Å²) < 4.78 is 11.2. The fourth-order valence-electron chi connectivity index (χ4n) is 1.58. The van der Waals surface area contributed by atoms with E-state index in [4.69, 9.17) is 9.47 Å². The first-order valence-electron chi connectivity index (χ1n) is 5.24. The van der Waals surface area contributed by atoms with Gasteiger partial charge in [-0.05, 0) is 13.0 Å². The van der Waals surface area contributed by atoms with Crippen LogP contribution in [0.4, 0.5) is 0 Å². The van der Waals surface area contributed by atoms with Crippen LogP contribution >= 0.6 is 0 Å². The Balaban J connectivity index is 1.78. The van der Waals surface area contributed by atoms with E-state index in [1.54, 1.807) is 6.20 Å². The second-order valence-corrected chi connectivity index (χ2v) is 3.71. The lowest BCUT2D eigenvalue weighted by molar-refractivity contribution is -0.0476. The number of nitrogens with one attached hydrogen (secondary N) is 1. The van der Waals surface area contributed by atoms with E-state index >= 15 is 0 Å². The Labute approximate surface area is 89.6 Å². The zero-order valence-electron chi connectivity index (χ0n) is 8.85. The molecule has 1 aliphatic rings. The number of ether oxygens (including phenoxy) is 2. The Morgan fingerprint density at radius 2 is 2.47 bits per heavy atom. The molecule has 1 N–H and O–H groups in total. The fraction of sp³-hybridized carbons (Fsp3) is 0.545. The summed E-state index contributed by atoms with van der Waals surface area (Å²) in [5.41, 5.74) is 0. The number of hydrogen-bond acceptors (Lipinski definition) is 4. The van der Waals surface area contributed by atoms with Gasteiger partial charge >= 0.3 is 0 Å². The molecule has 2 heterocycles. The predicted octanol–water partition coefficient (Wildman–Crippen LogP) is 0.837. The van der Waals surface area contributed by atoms with Crippen LogP contribution in [0.3, 0.4) is 0 Å². The van der Waals surface area contributed by atoms with Crippen LogP contribution < -0.4 is 10.1 Å². The topological polar surface area (TPSA) is 43.4 Å². The van der Waals surface area contributed by atoms with E-state index in [-0.39, 0.29) is 12.2 Å². The normalized spacial score (nSPS) is 26.2. The number of morpholine rings is 1. The summed E-state index contributed by atoms with van der Waals surface area (Å²) >= 11 is 0. The van der Waals surface area contributed by atoms with E-state index in [0.29, 0.717) is 12.5 Å². The number of aromatic nitrogens is 1. The summed E-state index contributed by atoms with van der Waals surface area (Å²) in [5, 5.41) is 3.30. The summed E-state index contributed by atoms with van der Waals surface area (Å²) in [7, 11) is 0. The zero-order valence-corrected chi connectivity index (χ0v) is 8.85. The molecule has 2 rings (SSSR count). The summed E-state index contributed by atoms with van der Waals surface area (Å²) in [5.74, 6) is 0.652. The number of hydrogen-bond donors (Lipinski definition) is 1. The molecule has 4 nitrogen and oxygen atoms in total. The molecule has 4 heteroatoms. The molecule has 0 amide bonds. The van der Waals surface area contributed by atoms with Crippen molar-refractivity contribution < 1.29 is 9.47 Å². The molecular weight excluding hydrogens is 192 g/mol. The lowest BCUT2D eigenvalue weighted by Gasteiger charge is -2.28. The highest BCUT2D eigenvalue weighted by Gasteiger charge is 2.19. The zero-order chi connectivity index (χ0) is 10.5. The smallest absolute Gasteiger partial charge is 0.213 e. The van der Waals surface area contributed by atoms with Crippen LogP contribution in [0.5, 0.6) is 5.88 Å². The standard InChI is InChI=1S/C11H16N2O2/c1-9-6-12-7-10(15-9)8-14-11-4-2-3-5-13-11/h2-5,9-10,12H,6-8H2,1H3/t9-,10-/m1/s1. The van der Waals surface area contributed by atoms with Crippen LogP contribution in [0.25, 0.3) is 0 Å². The second-order valence-electron chi connectivity index (χ2n) is 3.71. The average Bonchev–Trinajstić information content (AvgIpc) is 2.28. The van der Waals surface area contributed by atoms with Gasteiger partial charge in [-0.25, -0.2) is 4.98 Å². The van der Waals surface area contributed by atoms with Gasteiger partial charge in [-0.15, -0.1) is 0 Å². The van der Waals surface area contributed by atoms with Crippen LogP contribution in [0, 0.1) is 0 Å². The summed E-state index contributed by atoms with van der Waals surface area (Å²) in [6, 6.07) is 5.62. The van der Waals surface area contributed by atoms with Crippen LogP contribution in [0.2, 0.25) is 0 Å². The first kappa shape index (κ1) is 10.4. The molecule has 1 aromatic rings. The van der Waals surface area contributed by atoms with Crippen molar-refractivity contribution in [2.24, 2.45) is 0 Å². The van der Waals surface area contributed by atoms with E-state index in [1.807, 2.05) is 18.2 Å². The summed E-state index contributed by atoms with van der Waals surface area (Å²) in [6.07, 6.45) is 2.10. The first-order chi connectivity index (χ1) is 7.34. The molecule has 1 aromatic heterocycles. The van der Waals surface area contributed by atoms with Crippen LogP contribution in [0.15, 0.2) is 24.4 Å². The van der Waals surface area contributed by atoms with Gasteiger partial charge in [0.1, 0.15) is 12.7 Å². The van der Waals surface area contributed by atoms with E-state index in [1.165, 1.54) is 0 Å². The minimum Gasteiger partial charge on any atom is -0.475 e. The van der Waals surface area contributed by atoms with Crippen LogP contribution in [0.1, 0.15) is 6.92 Å². The Morgan fingerprint density at radius 1 is 1.53 bits per heavy atom. The van der Waals surface area contributed by atoms with Gasteiger partial charge in [0, 0.05) is 25.4 Å². The van der Waals surface area contributed by atoms with Gasteiger partial charge in [-0.3, -0.25) is 0 Å². The minimum atomic E-state index is 0.121. The fourth-order valence-corrected chi connectivity index (χ4v) is 1.58. The van der Waals surface area contributed by atoms with E-state index in [9.17, 15) is 0 Å². The number of pyridine rings is 1. The summed E-state index contributed by atoms with van der Waals surface area (Å²) in [6.45, 7) is 4.37. The first-order valence-corrected chi connectivity index (χ1v) is 5.24. The van der Waals surface area contributed by atoms with E-state index in [0.717, 1.165) is 13.1 Å². The largest absolute Gasteiger partial charge is 0.475 e. The maximum atomic E-state index is 5.69. The van der Waals surface area contributed by atoms with Crippen molar-refractivity contribution in [2.45, 2.75) is 19.1 Å². The molecular formula is C11H16N2O2. The molecule has 0 saturated carbocycles. The van der Waals surface area contributed by atoms with Gasteiger partial charge in [0.2, 0.25) is 5.88 Å². The molecule has 82 valence electrons. The lowest BCUT2D eigenvalue weighted by atomic mass is 10.2. The monoisotopic (exact) mass is 208 g/mol. The van der Waals surface area contributed by atoms with Gasteiger partial charge in [0.25, 0.3) is 0 Å². The predicted molar refractivity (Wildman–Crippen MR) is 56.9 cm³/mol. The third-order valence-electron chi connectivity index (χ3n) is 2.28. The van der Waals surface area contributed by atoms with Crippen molar-refractivity contribution in [3.05, 3.63) is 24.4 Å². The molecule has 1 aliphatic heterocycles. The van der Waals surface area contributed by atoms with Crippen molar-refractivity contribution in [3.63, 3.8) is 0 Å². The average molecular weight is 208 g/mol. The van der Waals surface area contributed by atoms with E-state index in [2.05, 4.69) is 17.2 Å². The van der Waals surface area contributed by atoms with Crippen molar-refractivity contribution in [1.29, 1.82) is 0 Å². The molecule has 2 atom stereocenters. The third kappa shape index (κ3) is 3.18. The quantitative estimate of drug-likeness (QED) is 0.799. The van der Waals surface area contributed by atoms with Crippen molar-refractivity contribution in [2.75, 3.05) is 19.7 Å². The third-order valence-corrected chi connectivity index (χ3v) is 2.28. The Morgan fingerprint density at radius 3 is 3.20 bits per heavy atom.